The van der Waals surface area contributed by atoms with Crippen LogP contribution in [0.15, 0.2) is 66.7 Å². The quantitative estimate of drug-likeness (QED) is 0.454. The average molecular weight is 438 g/mol. The number of halogens is 1. The van der Waals surface area contributed by atoms with Gasteiger partial charge in [-0.05, 0) is 72.5 Å². The summed E-state index contributed by atoms with van der Waals surface area (Å²) in [5, 5.41) is 0. The van der Waals surface area contributed by atoms with E-state index in [0.717, 1.165) is 25.1 Å². The first kappa shape index (κ1) is 23.3. The first-order chi connectivity index (χ1) is 14.6. The van der Waals surface area contributed by atoms with Crippen molar-refractivity contribution in [3.8, 4) is 28.0 Å². The van der Waals surface area contributed by atoms with Crippen LogP contribution in [0.3, 0.4) is 0 Å². The first-order valence-electron chi connectivity index (χ1n) is 10.6. The second kappa shape index (κ2) is 10.3. The average Bonchev–Trinajstić information content (AvgIpc) is 2.78. The van der Waals surface area contributed by atoms with E-state index < -0.39 is 0 Å². The van der Waals surface area contributed by atoms with Gasteiger partial charge in [0.05, 0.1) is 13.2 Å². The van der Waals surface area contributed by atoms with Crippen molar-refractivity contribution < 1.29 is 9.47 Å². The lowest BCUT2D eigenvalue weighted by atomic mass is 9.79. The molecule has 0 saturated heterocycles. The Morgan fingerprint density at radius 2 is 1.52 bits per heavy atom. The van der Waals surface area contributed by atoms with Crippen LogP contribution in [0, 0.1) is 5.92 Å². The maximum absolute atomic E-state index is 5.95. The molecule has 0 spiro atoms. The molecule has 31 heavy (non-hydrogen) atoms. The fraction of sp³-hybridized carbons (Fsp3) is 0.333. The second-order valence-electron chi connectivity index (χ2n) is 8.40. The van der Waals surface area contributed by atoms with Crippen LogP contribution in [0.25, 0.3) is 22.3 Å². The molecule has 4 heteroatoms. The lowest BCUT2D eigenvalue weighted by Crippen LogP contribution is -2.31. The largest absolute Gasteiger partial charge is 0.497 e. The molecule has 0 heterocycles. The van der Waals surface area contributed by atoms with Gasteiger partial charge in [0, 0.05) is 19.6 Å². The van der Waals surface area contributed by atoms with Gasteiger partial charge >= 0.3 is 0 Å². The Morgan fingerprint density at radius 1 is 0.871 bits per heavy atom. The lowest BCUT2D eigenvalue weighted by Gasteiger charge is -2.34. The van der Waals surface area contributed by atoms with Crippen LogP contribution in [0.4, 0.5) is 0 Å². The van der Waals surface area contributed by atoms with Crippen LogP contribution >= 0.6 is 12.4 Å². The molecule has 164 valence electrons. The molecule has 1 aliphatic rings. The minimum Gasteiger partial charge on any atom is -0.497 e. The zero-order valence-electron chi connectivity index (χ0n) is 18.8. The zero-order valence-corrected chi connectivity index (χ0v) is 19.6. The highest BCUT2D eigenvalue weighted by Gasteiger charge is 2.30. The molecular formula is C27H32ClNO2. The molecule has 2 atom stereocenters. The molecule has 0 aromatic heterocycles. The number of hydrogen-bond acceptors (Lipinski definition) is 3. The van der Waals surface area contributed by atoms with Gasteiger partial charge in [-0.1, -0.05) is 54.6 Å². The highest BCUT2D eigenvalue weighted by Crippen LogP contribution is 2.40. The fourth-order valence-corrected chi connectivity index (χ4v) is 4.75. The van der Waals surface area contributed by atoms with Gasteiger partial charge in [0.15, 0.2) is 0 Å². The Hall–Kier alpha value is -2.33. The Kier molecular flexibility index (Phi) is 7.77. The molecule has 0 fully saturated rings. The van der Waals surface area contributed by atoms with Crippen LogP contribution in [0.1, 0.15) is 23.7 Å². The summed E-state index contributed by atoms with van der Waals surface area (Å²) in [7, 11) is 7.82. The number of rotatable bonds is 6. The second-order valence-corrected chi connectivity index (χ2v) is 8.40. The number of methoxy groups -OCH3 is 2. The standard InChI is InChI=1S/C27H31NO2.ClH/c1-28(2)18-22-10-9-21-17-20(13-16-26(21)27(22)30-4)25-8-6-5-7-24(25)19-11-14-23(29-3)15-12-19;/h5-8,11-17,22,27H,9-10,18H2,1-4H3;1H. The van der Waals surface area contributed by atoms with Gasteiger partial charge in [0.1, 0.15) is 5.75 Å². The summed E-state index contributed by atoms with van der Waals surface area (Å²) in [6, 6.07) is 23.8. The van der Waals surface area contributed by atoms with E-state index in [4.69, 9.17) is 9.47 Å². The van der Waals surface area contributed by atoms with Crippen molar-refractivity contribution in [1.82, 2.24) is 4.90 Å². The number of hydrogen-bond donors (Lipinski definition) is 0. The third kappa shape index (κ3) is 4.95. The van der Waals surface area contributed by atoms with Gasteiger partial charge in [0.25, 0.3) is 0 Å². The summed E-state index contributed by atoms with van der Waals surface area (Å²) < 4.78 is 11.3. The van der Waals surface area contributed by atoms with Crippen molar-refractivity contribution in [2.24, 2.45) is 5.92 Å². The van der Waals surface area contributed by atoms with Crippen LogP contribution in [0.2, 0.25) is 0 Å². The summed E-state index contributed by atoms with van der Waals surface area (Å²) in [5.74, 6) is 1.41. The van der Waals surface area contributed by atoms with Gasteiger partial charge in [-0.2, -0.15) is 0 Å². The topological polar surface area (TPSA) is 21.7 Å². The van der Waals surface area contributed by atoms with Gasteiger partial charge in [0.2, 0.25) is 0 Å². The minimum absolute atomic E-state index is 0. The highest BCUT2D eigenvalue weighted by atomic mass is 35.5. The van der Waals surface area contributed by atoms with Crippen LogP contribution in [0.5, 0.6) is 5.75 Å². The summed E-state index contributed by atoms with van der Waals surface area (Å²) in [4.78, 5) is 2.27. The molecular weight excluding hydrogens is 406 g/mol. The van der Waals surface area contributed by atoms with Crippen molar-refractivity contribution in [2.75, 3.05) is 34.9 Å². The van der Waals surface area contributed by atoms with Crippen molar-refractivity contribution in [3.63, 3.8) is 0 Å². The van der Waals surface area contributed by atoms with E-state index in [1.165, 1.54) is 33.4 Å². The smallest absolute Gasteiger partial charge is 0.118 e. The third-order valence-corrected chi connectivity index (χ3v) is 6.15. The Labute approximate surface area is 192 Å². The van der Waals surface area contributed by atoms with Crippen LogP contribution < -0.4 is 4.74 Å². The van der Waals surface area contributed by atoms with Crippen molar-refractivity contribution >= 4 is 12.4 Å². The molecule has 0 saturated carbocycles. The van der Waals surface area contributed by atoms with Crippen molar-refractivity contribution in [2.45, 2.75) is 18.9 Å². The van der Waals surface area contributed by atoms with Crippen LogP contribution in [-0.4, -0.2) is 39.8 Å². The Morgan fingerprint density at radius 3 is 2.13 bits per heavy atom. The highest BCUT2D eigenvalue weighted by molar-refractivity contribution is 5.85. The number of ether oxygens (including phenoxy) is 2. The van der Waals surface area contributed by atoms with Gasteiger partial charge in [-0.15, -0.1) is 12.4 Å². The predicted molar refractivity (Wildman–Crippen MR) is 131 cm³/mol. The number of aryl methyl sites for hydroxylation is 1. The maximum atomic E-state index is 5.95. The van der Waals surface area contributed by atoms with Gasteiger partial charge in [-0.25, -0.2) is 0 Å². The summed E-state index contributed by atoms with van der Waals surface area (Å²) in [6.07, 6.45) is 2.43. The first-order valence-corrected chi connectivity index (χ1v) is 10.6. The number of benzene rings is 3. The zero-order chi connectivity index (χ0) is 21.1. The third-order valence-electron chi connectivity index (χ3n) is 6.15. The number of fused-ring (bicyclic) bond motifs is 1. The normalized spacial score (nSPS) is 17.7. The minimum atomic E-state index is 0. The van der Waals surface area contributed by atoms with E-state index in [9.17, 15) is 0 Å². The molecule has 3 nitrogen and oxygen atoms in total. The Balaban J connectivity index is 0.00000272. The summed E-state index contributed by atoms with van der Waals surface area (Å²) >= 11 is 0. The van der Waals surface area contributed by atoms with Crippen molar-refractivity contribution in [3.05, 3.63) is 77.9 Å². The SMILES string of the molecule is COc1ccc(-c2ccccc2-c2ccc3c(c2)CCC(CN(C)C)C3OC)cc1.Cl. The fourth-order valence-electron chi connectivity index (χ4n) is 4.75. The molecule has 3 aromatic carbocycles. The summed E-state index contributed by atoms with van der Waals surface area (Å²) in [5.41, 5.74) is 7.73. The molecule has 2 unspecified atom stereocenters. The van der Waals surface area contributed by atoms with Gasteiger partial charge in [-0.3, -0.25) is 0 Å². The van der Waals surface area contributed by atoms with E-state index in [-0.39, 0.29) is 18.5 Å². The lowest BCUT2D eigenvalue weighted by molar-refractivity contribution is 0.0299. The van der Waals surface area contributed by atoms with E-state index in [1.54, 1.807) is 7.11 Å². The number of nitrogens with zero attached hydrogens (tertiary/aromatic N) is 1. The summed E-state index contributed by atoms with van der Waals surface area (Å²) in [6.45, 7) is 1.06. The molecule has 3 aromatic rings. The van der Waals surface area contributed by atoms with Crippen LogP contribution in [-0.2, 0) is 11.2 Å². The predicted octanol–water partition coefficient (Wildman–Crippen LogP) is 6.26. The molecule has 1 aliphatic carbocycles. The molecule has 0 bridgehead atoms. The van der Waals surface area contributed by atoms with E-state index in [2.05, 4.69) is 73.6 Å². The van der Waals surface area contributed by atoms with E-state index in [1.807, 2.05) is 19.2 Å². The maximum Gasteiger partial charge on any atom is 0.118 e. The van der Waals surface area contributed by atoms with Crippen molar-refractivity contribution in [1.29, 1.82) is 0 Å². The molecule has 0 N–H and O–H groups in total. The molecule has 4 rings (SSSR count). The van der Waals surface area contributed by atoms with Gasteiger partial charge < -0.3 is 14.4 Å². The monoisotopic (exact) mass is 437 g/mol. The molecule has 0 aliphatic heterocycles. The van der Waals surface area contributed by atoms with E-state index >= 15 is 0 Å². The Bertz CT molecular complexity index is 1000. The molecule has 0 radical (unpaired) electrons. The molecule has 0 amide bonds. The van der Waals surface area contributed by atoms with E-state index in [0.29, 0.717) is 5.92 Å².